The van der Waals surface area contributed by atoms with Gasteiger partial charge in [-0.15, -0.1) is 0 Å². The molecule has 1 heterocycles. The van der Waals surface area contributed by atoms with Crippen LogP contribution in [0.25, 0.3) is 0 Å². The molecule has 2 amide bonds. The van der Waals surface area contributed by atoms with Crippen molar-refractivity contribution in [2.75, 3.05) is 10.6 Å². The average Bonchev–Trinajstić information content (AvgIpc) is 2.93. The Morgan fingerprint density at radius 2 is 1.88 bits per heavy atom. The summed E-state index contributed by atoms with van der Waals surface area (Å²) in [6.45, 7) is 4.58. The van der Waals surface area contributed by atoms with Crippen LogP contribution in [0.5, 0.6) is 0 Å². The highest BCUT2D eigenvalue weighted by molar-refractivity contribution is 5.94. The minimum atomic E-state index is -0.969. The molecule has 0 saturated carbocycles. The number of amides is 2. The van der Waals surface area contributed by atoms with Gasteiger partial charge >= 0.3 is 5.97 Å². The van der Waals surface area contributed by atoms with Gasteiger partial charge in [-0.3, -0.25) is 14.4 Å². The van der Waals surface area contributed by atoms with Gasteiger partial charge in [0, 0.05) is 18.7 Å². The summed E-state index contributed by atoms with van der Waals surface area (Å²) < 4.78 is 9.95. The maximum Gasteiger partial charge on any atom is 0.311 e. The monoisotopic (exact) mass is 345 g/mol. The van der Waals surface area contributed by atoms with Crippen LogP contribution in [0.2, 0.25) is 0 Å². The van der Waals surface area contributed by atoms with Crippen molar-refractivity contribution in [3.8, 4) is 0 Å². The molecule has 1 atom stereocenters. The third kappa shape index (κ3) is 5.76. The predicted molar refractivity (Wildman–Crippen MR) is 89.9 cm³/mol. The van der Waals surface area contributed by atoms with Crippen molar-refractivity contribution in [3.05, 3.63) is 41.7 Å². The number of anilines is 2. The van der Waals surface area contributed by atoms with Crippen LogP contribution in [-0.2, 0) is 25.5 Å². The molecule has 0 radical (unpaired) electrons. The molecule has 2 aromatic rings. The standard InChI is InChI=1S/C17H19N3O5/c1-10-8-15(20-25-10)19-17(23)11(2)24-16(22)9-13-4-6-14(7-5-13)18-12(3)21/h4-8,11H,9H2,1-3H3,(H,18,21)(H,19,20,23)/t11-/m0/s1. The average molecular weight is 345 g/mol. The summed E-state index contributed by atoms with van der Waals surface area (Å²) in [7, 11) is 0. The molecule has 25 heavy (non-hydrogen) atoms. The molecule has 0 fully saturated rings. The maximum atomic E-state index is 11.9. The Hall–Kier alpha value is -3.16. The second kappa shape index (κ2) is 8.09. The van der Waals surface area contributed by atoms with E-state index >= 15 is 0 Å². The minimum Gasteiger partial charge on any atom is -0.452 e. The van der Waals surface area contributed by atoms with E-state index in [0.717, 1.165) is 0 Å². The zero-order valence-corrected chi connectivity index (χ0v) is 14.2. The molecule has 2 rings (SSSR count). The molecule has 0 saturated heterocycles. The van der Waals surface area contributed by atoms with Crippen molar-refractivity contribution in [2.45, 2.75) is 33.3 Å². The summed E-state index contributed by atoms with van der Waals surface area (Å²) in [6, 6.07) is 8.34. The number of hydrogen-bond donors (Lipinski definition) is 2. The SMILES string of the molecule is CC(=O)Nc1ccc(CC(=O)O[C@@H](C)C(=O)Nc2cc(C)on2)cc1. The van der Waals surface area contributed by atoms with Gasteiger partial charge in [-0.05, 0) is 31.5 Å². The summed E-state index contributed by atoms with van der Waals surface area (Å²) in [5, 5.41) is 8.77. The first-order chi connectivity index (χ1) is 11.8. The number of aromatic nitrogens is 1. The Morgan fingerprint density at radius 1 is 1.20 bits per heavy atom. The van der Waals surface area contributed by atoms with Gasteiger partial charge in [0.05, 0.1) is 6.42 Å². The minimum absolute atomic E-state index is 0.0149. The number of ether oxygens (including phenoxy) is 1. The van der Waals surface area contributed by atoms with Crippen LogP contribution in [0.4, 0.5) is 11.5 Å². The molecule has 0 unspecified atom stereocenters. The number of nitrogens with one attached hydrogen (secondary N) is 2. The molecule has 2 N–H and O–H groups in total. The fourth-order valence-corrected chi connectivity index (χ4v) is 2.02. The van der Waals surface area contributed by atoms with Gasteiger partial charge in [-0.2, -0.15) is 0 Å². The molecule has 8 heteroatoms. The van der Waals surface area contributed by atoms with Crippen molar-refractivity contribution in [2.24, 2.45) is 0 Å². The highest BCUT2D eigenvalue weighted by Crippen LogP contribution is 2.12. The molecule has 8 nitrogen and oxygen atoms in total. The highest BCUT2D eigenvalue weighted by atomic mass is 16.5. The third-order valence-corrected chi connectivity index (χ3v) is 3.18. The molecular formula is C17H19N3O5. The third-order valence-electron chi connectivity index (χ3n) is 3.18. The van der Waals surface area contributed by atoms with Crippen LogP contribution in [0.3, 0.4) is 0 Å². The van der Waals surface area contributed by atoms with E-state index in [2.05, 4.69) is 15.8 Å². The van der Waals surface area contributed by atoms with E-state index in [1.54, 1.807) is 37.3 Å². The molecule has 0 spiro atoms. The van der Waals surface area contributed by atoms with E-state index in [4.69, 9.17) is 9.26 Å². The van der Waals surface area contributed by atoms with Crippen LogP contribution in [0, 0.1) is 6.92 Å². The molecule has 1 aromatic heterocycles. The fourth-order valence-electron chi connectivity index (χ4n) is 2.02. The summed E-state index contributed by atoms with van der Waals surface area (Å²) in [4.78, 5) is 34.8. The van der Waals surface area contributed by atoms with Gasteiger partial charge in [0.2, 0.25) is 5.91 Å². The van der Waals surface area contributed by atoms with Gasteiger partial charge in [0.1, 0.15) is 5.76 Å². The Labute approximate surface area is 144 Å². The van der Waals surface area contributed by atoms with Gasteiger partial charge < -0.3 is 19.9 Å². The first-order valence-corrected chi connectivity index (χ1v) is 7.63. The lowest BCUT2D eigenvalue weighted by molar-refractivity contribution is -0.152. The first-order valence-electron chi connectivity index (χ1n) is 7.63. The second-order valence-corrected chi connectivity index (χ2v) is 5.50. The van der Waals surface area contributed by atoms with Crippen molar-refractivity contribution < 1.29 is 23.6 Å². The summed E-state index contributed by atoms with van der Waals surface area (Å²) in [5.41, 5.74) is 1.35. The zero-order valence-electron chi connectivity index (χ0n) is 14.2. The molecule has 1 aromatic carbocycles. The van der Waals surface area contributed by atoms with Crippen LogP contribution in [0.15, 0.2) is 34.9 Å². The molecular weight excluding hydrogens is 326 g/mol. The highest BCUT2D eigenvalue weighted by Gasteiger charge is 2.19. The predicted octanol–water partition coefficient (Wildman–Crippen LogP) is 2.05. The first kappa shape index (κ1) is 18.2. The van der Waals surface area contributed by atoms with Crippen molar-refractivity contribution in [1.29, 1.82) is 0 Å². The van der Waals surface area contributed by atoms with Gasteiger partial charge in [-0.25, -0.2) is 0 Å². The summed E-state index contributed by atoms with van der Waals surface area (Å²) in [6.07, 6.45) is -0.954. The number of carbonyl (C=O) groups excluding carboxylic acids is 3. The van der Waals surface area contributed by atoms with E-state index < -0.39 is 18.0 Å². The van der Waals surface area contributed by atoms with Crippen LogP contribution < -0.4 is 10.6 Å². The topological polar surface area (TPSA) is 111 Å². The van der Waals surface area contributed by atoms with Crippen molar-refractivity contribution in [1.82, 2.24) is 5.16 Å². The molecule has 0 aliphatic heterocycles. The van der Waals surface area contributed by atoms with E-state index in [0.29, 0.717) is 17.0 Å². The van der Waals surface area contributed by atoms with Crippen LogP contribution in [-0.4, -0.2) is 29.0 Å². The zero-order chi connectivity index (χ0) is 18.4. The number of esters is 1. The number of hydrogen-bond acceptors (Lipinski definition) is 6. The van der Waals surface area contributed by atoms with Crippen molar-refractivity contribution in [3.63, 3.8) is 0 Å². The Bertz CT molecular complexity index is 767. The molecule has 0 aliphatic carbocycles. The number of rotatable bonds is 6. The Balaban J connectivity index is 1.84. The lowest BCUT2D eigenvalue weighted by Gasteiger charge is -2.12. The van der Waals surface area contributed by atoms with Crippen molar-refractivity contribution >= 4 is 29.3 Å². The normalized spacial score (nSPS) is 11.5. The lowest BCUT2D eigenvalue weighted by Crippen LogP contribution is -2.30. The van der Waals surface area contributed by atoms with E-state index in [1.165, 1.54) is 13.8 Å². The fraction of sp³-hybridized carbons (Fsp3) is 0.294. The Morgan fingerprint density at radius 3 is 2.44 bits per heavy atom. The smallest absolute Gasteiger partial charge is 0.311 e. The Kier molecular flexibility index (Phi) is 5.89. The summed E-state index contributed by atoms with van der Waals surface area (Å²) >= 11 is 0. The van der Waals surface area contributed by atoms with Crippen LogP contribution >= 0.6 is 0 Å². The van der Waals surface area contributed by atoms with Crippen LogP contribution in [0.1, 0.15) is 25.2 Å². The summed E-state index contributed by atoms with van der Waals surface area (Å²) in [5.74, 6) is -0.384. The number of nitrogens with zero attached hydrogens (tertiary/aromatic N) is 1. The quantitative estimate of drug-likeness (QED) is 0.775. The number of aryl methyl sites for hydroxylation is 1. The molecule has 0 bridgehead atoms. The van der Waals surface area contributed by atoms with E-state index in [-0.39, 0.29) is 18.1 Å². The van der Waals surface area contributed by atoms with Gasteiger partial charge in [-0.1, -0.05) is 17.3 Å². The number of carbonyl (C=O) groups is 3. The molecule has 0 aliphatic rings. The van der Waals surface area contributed by atoms with E-state index in [1.807, 2.05) is 0 Å². The van der Waals surface area contributed by atoms with Gasteiger partial charge in [0.15, 0.2) is 11.9 Å². The van der Waals surface area contributed by atoms with E-state index in [9.17, 15) is 14.4 Å². The largest absolute Gasteiger partial charge is 0.452 e. The van der Waals surface area contributed by atoms with Gasteiger partial charge in [0.25, 0.3) is 5.91 Å². The molecule has 132 valence electrons. The number of benzene rings is 1. The maximum absolute atomic E-state index is 11.9. The second-order valence-electron chi connectivity index (χ2n) is 5.50. The lowest BCUT2D eigenvalue weighted by atomic mass is 10.1.